The molecule has 4 rings (SSSR count). The van der Waals surface area contributed by atoms with Crippen molar-refractivity contribution in [3.05, 3.63) is 83.7 Å². The van der Waals surface area contributed by atoms with E-state index in [1.807, 2.05) is 10.6 Å². The molecule has 1 N–H and O–H groups in total. The highest BCUT2D eigenvalue weighted by atomic mass is 19.1. The third-order valence-electron chi connectivity index (χ3n) is 4.66. The molecule has 5 nitrogen and oxygen atoms in total. The van der Waals surface area contributed by atoms with Crippen LogP contribution in [0.15, 0.2) is 60.7 Å². The van der Waals surface area contributed by atoms with Gasteiger partial charge in [0.1, 0.15) is 11.5 Å². The molecule has 7 heteroatoms. The van der Waals surface area contributed by atoms with Crippen LogP contribution in [0.4, 0.5) is 8.78 Å². The maximum absolute atomic E-state index is 14.4. The Labute approximate surface area is 164 Å². The van der Waals surface area contributed by atoms with Crippen molar-refractivity contribution in [2.45, 2.75) is 6.54 Å². The Morgan fingerprint density at radius 2 is 1.86 bits per heavy atom. The summed E-state index contributed by atoms with van der Waals surface area (Å²) in [5, 5.41) is 9.92. The predicted octanol–water partition coefficient (Wildman–Crippen LogP) is 4.74. The Bertz CT molecular complexity index is 1220. The quantitative estimate of drug-likeness (QED) is 0.531. The van der Waals surface area contributed by atoms with Gasteiger partial charge in [0.25, 0.3) is 0 Å². The van der Waals surface area contributed by atoms with E-state index in [1.54, 1.807) is 30.3 Å². The van der Waals surface area contributed by atoms with Crippen LogP contribution >= 0.6 is 0 Å². The maximum atomic E-state index is 14.4. The summed E-state index contributed by atoms with van der Waals surface area (Å²) in [6, 6.07) is 15.5. The molecule has 0 saturated carbocycles. The number of methoxy groups -OCH3 is 1. The van der Waals surface area contributed by atoms with E-state index in [1.165, 1.54) is 31.4 Å². The van der Waals surface area contributed by atoms with Gasteiger partial charge < -0.3 is 14.4 Å². The van der Waals surface area contributed by atoms with Gasteiger partial charge in [0, 0.05) is 17.1 Å². The SMILES string of the molecule is COc1cc2cc(-c3ccc(F)cc3)n(Cc3cccc(C(=O)O)n3)c2cc1F. The first-order valence-electron chi connectivity index (χ1n) is 8.78. The van der Waals surface area contributed by atoms with Gasteiger partial charge in [0.05, 0.1) is 24.9 Å². The standard InChI is InChI=1S/C22H16F2N2O3/c1-29-21-10-14-9-19(13-5-7-15(23)8-6-13)26(20(14)11-17(21)24)12-16-3-2-4-18(25-16)22(27)28/h2-11H,12H2,1H3,(H,27,28). The number of aromatic nitrogens is 2. The van der Waals surface area contributed by atoms with E-state index in [2.05, 4.69) is 4.98 Å². The fraction of sp³-hybridized carbons (Fsp3) is 0.0909. The Kier molecular flexibility index (Phi) is 4.72. The molecule has 0 amide bonds. The largest absolute Gasteiger partial charge is 0.494 e. The number of nitrogens with zero attached hydrogens (tertiary/aromatic N) is 2. The molecule has 29 heavy (non-hydrogen) atoms. The zero-order valence-electron chi connectivity index (χ0n) is 15.4. The van der Waals surface area contributed by atoms with Gasteiger partial charge in [-0.15, -0.1) is 0 Å². The zero-order chi connectivity index (χ0) is 20.5. The molecule has 2 heterocycles. The molecule has 2 aromatic carbocycles. The van der Waals surface area contributed by atoms with Crippen molar-refractivity contribution in [3.8, 4) is 17.0 Å². The van der Waals surface area contributed by atoms with Crippen LogP contribution in [0, 0.1) is 11.6 Å². The van der Waals surface area contributed by atoms with Crippen LogP contribution in [0.2, 0.25) is 0 Å². The van der Waals surface area contributed by atoms with E-state index in [0.29, 0.717) is 11.2 Å². The lowest BCUT2D eigenvalue weighted by molar-refractivity contribution is 0.0690. The number of hydrogen-bond acceptors (Lipinski definition) is 3. The molecule has 0 aliphatic rings. The van der Waals surface area contributed by atoms with Gasteiger partial charge >= 0.3 is 5.97 Å². The van der Waals surface area contributed by atoms with Crippen molar-refractivity contribution in [2.24, 2.45) is 0 Å². The minimum atomic E-state index is -1.13. The number of hydrogen-bond donors (Lipinski definition) is 1. The van der Waals surface area contributed by atoms with Crippen LogP contribution < -0.4 is 4.74 Å². The Morgan fingerprint density at radius 3 is 2.55 bits per heavy atom. The Balaban J connectivity index is 1.90. The molecule has 0 bridgehead atoms. The number of carbonyl (C=O) groups is 1. The van der Waals surface area contributed by atoms with Gasteiger partial charge in [-0.05, 0) is 54.1 Å². The van der Waals surface area contributed by atoms with Crippen LogP contribution in [0.25, 0.3) is 22.2 Å². The van der Waals surface area contributed by atoms with Crippen molar-refractivity contribution in [1.29, 1.82) is 0 Å². The molecular formula is C22H16F2N2O3. The summed E-state index contributed by atoms with van der Waals surface area (Å²) in [6.07, 6.45) is 0. The number of ether oxygens (including phenoxy) is 1. The second-order valence-electron chi connectivity index (χ2n) is 6.49. The molecule has 4 aromatic rings. The lowest BCUT2D eigenvalue weighted by Gasteiger charge is -2.12. The van der Waals surface area contributed by atoms with Crippen LogP contribution in [-0.2, 0) is 6.54 Å². The van der Waals surface area contributed by atoms with E-state index in [-0.39, 0.29) is 23.8 Å². The number of carboxylic acid groups (broad SMARTS) is 1. The van der Waals surface area contributed by atoms with Crippen molar-refractivity contribution in [3.63, 3.8) is 0 Å². The molecule has 0 atom stereocenters. The van der Waals surface area contributed by atoms with E-state index in [9.17, 15) is 18.7 Å². The molecule has 0 unspecified atom stereocenters. The second kappa shape index (κ2) is 7.35. The number of fused-ring (bicyclic) bond motifs is 1. The summed E-state index contributed by atoms with van der Waals surface area (Å²) in [4.78, 5) is 15.4. The van der Waals surface area contributed by atoms with Crippen LogP contribution in [0.1, 0.15) is 16.2 Å². The normalized spacial score (nSPS) is 11.0. The number of pyridine rings is 1. The van der Waals surface area contributed by atoms with E-state index >= 15 is 0 Å². The van der Waals surface area contributed by atoms with Gasteiger partial charge in [-0.1, -0.05) is 6.07 Å². The monoisotopic (exact) mass is 394 g/mol. The average Bonchev–Trinajstić information content (AvgIpc) is 3.05. The molecule has 0 radical (unpaired) electrons. The van der Waals surface area contributed by atoms with Gasteiger partial charge in [-0.2, -0.15) is 0 Å². The Morgan fingerprint density at radius 1 is 1.10 bits per heavy atom. The smallest absolute Gasteiger partial charge is 0.354 e. The molecule has 0 aliphatic heterocycles. The third kappa shape index (κ3) is 3.54. The summed E-state index contributed by atoms with van der Waals surface area (Å²) in [5.74, 6) is -1.89. The molecular weight excluding hydrogens is 378 g/mol. The van der Waals surface area contributed by atoms with Crippen molar-refractivity contribution in [2.75, 3.05) is 7.11 Å². The summed E-state index contributed by atoms with van der Waals surface area (Å²) in [6.45, 7) is 0.211. The lowest BCUT2D eigenvalue weighted by Crippen LogP contribution is -2.07. The van der Waals surface area contributed by atoms with Crippen molar-refractivity contribution >= 4 is 16.9 Å². The molecule has 0 spiro atoms. The van der Waals surface area contributed by atoms with Crippen molar-refractivity contribution in [1.82, 2.24) is 9.55 Å². The van der Waals surface area contributed by atoms with Gasteiger partial charge in [-0.3, -0.25) is 0 Å². The summed E-state index contributed by atoms with van der Waals surface area (Å²) >= 11 is 0. The molecule has 146 valence electrons. The van der Waals surface area contributed by atoms with Crippen molar-refractivity contribution < 1.29 is 23.4 Å². The first-order chi connectivity index (χ1) is 14.0. The highest BCUT2D eigenvalue weighted by Gasteiger charge is 2.16. The van der Waals surface area contributed by atoms with Crippen LogP contribution in [0.5, 0.6) is 5.75 Å². The summed E-state index contributed by atoms with van der Waals surface area (Å²) in [7, 11) is 1.39. The fourth-order valence-corrected chi connectivity index (χ4v) is 3.30. The molecule has 2 aromatic heterocycles. The Hall–Kier alpha value is -3.74. The predicted molar refractivity (Wildman–Crippen MR) is 104 cm³/mol. The number of rotatable bonds is 5. The van der Waals surface area contributed by atoms with Gasteiger partial charge in [-0.25, -0.2) is 18.6 Å². The number of benzene rings is 2. The van der Waals surface area contributed by atoms with Gasteiger partial charge in [0.2, 0.25) is 0 Å². The second-order valence-corrected chi connectivity index (χ2v) is 6.49. The third-order valence-corrected chi connectivity index (χ3v) is 4.66. The molecule has 0 aliphatic carbocycles. The first kappa shape index (κ1) is 18.6. The highest BCUT2D eigenvalue weighted by molar-refractivity contribution is 5.88. The summed E-state index contributed by atoms with van der Waals surface area (Å²) in [5.41, 5.74) is 2.47. The molecule has 0 saturated heterocycles. The average molecular weight is 394 g/mol. The minimum absolute atomic E-state index is 0.0739. The van der Waals surface area contributed by atoms with Gasteiger partial charge in [0.15, 0.2) is 11.6 Å². The highest BCUT2D eigenvalue weighted by Crippen LogP contribution is 2.33. The van der Waals surface area contributed by atoms with E-state index in [0.717, 1.165) is 16.6 Å². The first-order valence-corrected chi connectivity index (χ1v) is 8.78. The summed E-state index contributed by atoms with van der Waals surface area (Å²) < 4.78 is 34.7. The van der Waals surface area contributed by atoms with E-state index in [4.69, 9.17) is 4.74 Å². The number of carboxylic acids is 1. The maximum Gasteiger partial charge on any atom is 0.354 e. The topological polar surface area (TPSA) is 64.3 Å². The van der Waals surface area contributed by atoms with Crippen LogP contribution in [-0.4, -0.2) is 27.7 Å². The number of halogens is 2. The zero-order valence-corrected chi connectivity index (χ0v) is 15.4. The molecule has 0 fully saturated rings. The van der Waals surface area contributed by atoms with E-state index < -0.39 is 11.8 Å². The minimum Gasteiger partial charge on any atom is -0.494 e. The number of aromatic carboxylic acids is 1. The lowest BCUT2D eigenvalue weighted by atomic mass is 10.1. The van der Waals surface area contributed by atoms with Crippen LogP contribution in [0.3, 0.4) is 0 Å². The fourth-order valence-electron chi connectivity index (χ4n) is 3.30.